The molecule has 0 saturated heterocycles. The van der Waals surface area contributed by atoms with Gasteiger partial charge in [-0.1, -0.05) is 0 Å². The molecule has 0 rings (SSSR count). The van der Waals surface area contributed by atoms with Gasteiger partial charge in [0.2, 0.25) is 5.91 Å². The predicted molar refractivity (Wildman–Crippen MR) is 37.1 cm³/mol. The second kappa shape index (κ2) is 4.93. The molecule has 0 aromatic heterocycles. The van der Waals surface area contributed by atoms with E-state index in [0.29, 0.717) is 13.0 Å². The van der Waals surface area contributed by atoms with Crippen molar-refractivity contribution in [1.29, 1.82) is 0 Å². The van der Waals surface area contributed by atoms with Gasteiger partial charge < -0.3 is 0 Å². The number of hydrogen-bond donors (Lipinski definition) is 2. The standard InChI is InChI=1S/C6H12N2O2/c1-5(9)3-4-7-8-6(2)10/h7H,3-4H2,1-2H3,(H,8,10). The Kier molecular flexibility index (Phi) is 4.49. The first-order valence-electron chi connectivity index (χ1n) is 3.12. The summed E-state index contributed by atoms with van der Waals surface area (Å²) in [5.41, 5.74) is 4.96. The average Bonchev–Trinajstić information content (AvgIpc) is 1.79. The van der Waals surface area contributed by atoms with Crippen LogP contribution in [-0.2, 0) is 9.59 Å². The Balaban J connectivity index is 3.06. The third-order valence-corrected chi connectivity index (χ3v) is 0.866. The Hall–Kier alpha value is -0.900. The summed E-state index contributed by atoms with van der Waals surface area (Å²) in [6.07, 6.45) is 0.445. The minimum Gasteiger partial charge on any atom is -0.300 e. The molecule has 0 atom stereocenters. The quantitative estimate of drug-likeness (QED) is 0.417. The maximum Gasteiger partial charge on any atom is 0.230 e. The molecule has 0 aromatic rings. The van der Waals surface area contributed by atoms with Crippen molar-refractivity contribution in [2.45, 2.75) is 20.3 Å². The molecule has 0 heterocycles. The molecular weight excluding hydrogens is 132 g/mol. The van der Waals surface area contributed by atoms with E-state index in [-0.39, 0.29) is 11.7 Å². The van der Waals surface area contributed by atoms with Crippen LogP contribution in [0.4, 0.5) is 0 Å². The van der Waals surface area contributed by atoms with Gasteiger partial charge in [0.25, 0.3) is 0 Å². The van der Waals surface area contributed by atoms with E-state index < -0.39 is 0 Å². The van der Waals surface area contributed by atoms with E-state index in [2.05, 4.69) is 10.9 Å². The lowest BCUT2D eigenvalue weighted by Gasteiger charge is -2.01. The van der Waals surface area contributed by atoms with E-state index in [4.69, 9.17) is 0 Å². The molecule has 0 unspecified atom stereocenters. The number of hydrogen-bond acceptors (Lipinski definition) is 3. The topological polar surface area (TPSA) is 58.2 Å². The van der Waals surface area contributed by atoms with Crippen molar-refractivity contribution in [2.75, 3.05) is 6.54 Å². The highest BCUT2D eigenvalue weighted by Gasteiger charge is 1.92. The van der Waals surface area contributed by atoms with E-state index in [9.17, 15) is 9.59 Å². The number of nitrogens with one attached hydrogen (secondary N) is 2. The zero-order valence-corrected chi connectivity index (χ0v) is 6.23. The van der Waals surface area contributed by atoms with Gasteiger partial charge in [-0.2, -0.15) is 0 Å². The summed E-state index contributed by atoms with van der Waals surface area (Å²) in [7, 11) is 0. The number of hydrazine groups is 1. The van der Waals surface area contributed by atoms with E-state index in [0.717, 1.165) is 0 Å². The highest BCUT2D eigenvalue weighted by Crippen LogP contribution is 1.75. The van der Waals surface area contributed by atoms with Gasteiger partial charge in [-0.25, -0.2) is 5.43 Å². The van der Waals surface area contributed by atoms with Gasteiger partial charge in [0.15, 0.2) is 0 Å². The van der Waals surface area contributed by atoms with E-state index in [1.807, 2.05) is 0 Å². The summed E-state index contributed by atoms with van der Waals surface area (Å²) in [5.74, 6) is -0.0404. The molecule has 58 valence electrons. The Labute approximate surface area is 60.0 Å². The first-order chi connectivity index (χ1) is 4.63. The van der Waals surface area contributed by atoms with Gasteiger partial charge >= 0.3 is 0 Å². The summed E-state index contributed by atoms with van der Waals surface area (Å²) < 4.78 is 0. The van der Waals surface area contributed by atoms with Gasteiger partial charge in [-0.05, 0) is 6.92 Å². The van der Waals surface area contributed by atoms with Crippen LogP contribution in [0, 0.1) is 0 Å². The molecule has 1 amide bonds. The predicted octanol–water partition coefficient (Wildman–Crippen LogP) is -0.394. The van der Waals surface area contributed by atoms with Gasteiger partial charge in [-0.15, -0.1) is 0 Å². The molecule has 0 saturated carbocycles. The highest BCUT2D eigenvalue weighted by atomic mass is 16.2. The van der Waals surface area contributed by atoms with Crippen LogP contribution in [0.3, 0.4) is 0 Å². The van der Waals surface area contributed by atoms with Crippen LogP contribution in [0.15, 0.2) is 0 Å². The van der Waals surface area contributed by atoms with Crippen LogP contribution in [0.5, 0.6) is 0 Å². The maximum absolute atomic E-state index is 10.3. The summed E-state index contributed by atoms with van der Waals surface area (Å²) in [4.78, 5) is 20.6. The summed E-state index contributed by atoms with van der Waals surface area (Å²) in [6, 6.07) is 0. The smallest absolute Gasteiger partial charge is 0.230 e. The molecular formula is C6H12N2O2. The lowest BCUT2D eigenvalue weighted by Crippen LogP contribution is -2.36. The minimum atomic E-state index is -0.149. The molecule has 0 radical (unpaired) electrons. The lowest BCUT2D eigenvalue weighted by atomic mass is 10.3. The highest BCUT2D eigenvalue weighted by molar-refractivity contribution is 5.75. The molecule has 2 N–H and O–H groups in total. The lowest BCUT2D eigenvalue weighted by molar-refractivity contribution is -0.120. The van der Waals surface area contributed by atoms with Crippen molar-refractivity contribution >= 4 is 11.7 Å². The Bertz CT molecular complexity index is 118. The molecule has 0 aliphatic heterocycles. The van der Waals surface area contributed by atoms with Crippen LogP contribution in [-0.4, -0.2) is 18.2 Å². The normalized spacial score (nSPS) is 9.00. The van der Waals surface area contributed by atoms with E-state index in [1.54, 1.807) is 0 Å². The molecule has 0 fully saturated rings. The number of ketones is 1. The number of rotatable bonds is 4. The number of carbonyl (C=O) groups excluding carboxylic acids is 2. The third-order valence-electron chi connectivity index (χ3n) is 0.866. The summed E-state index contributed by atoms with van der Waals surface area (Å²) in [5, 5.41) is 0. The summed E-state index contributed by atoms with van der Waals surface area (Å²) in [6.45, 7) is 3.41. The first kappa shape index (κ1) is 9.10. The Morgan fingerprint density at radius 3 is 2.30 bits per heavy atom. The van der Waals surface area contributed by atoms with Crippen LogP contribution in [0.2, 0.25) is 0 Å². The van der Waals surface area contributed by atoms with Gasteiger partial charge in [0.1, 0.15) is 5.78 Å². The fraction of sp³-hybridized carbons (Fsp3) is 0.667. The molecule has 0 aliphatic carbocycles. The van der Waals surface area contributed by atoms with E-state index >= 15 is 0 Å². The zero-order chi connectivity index (χ0) is 7.98. The number of carbonyl (C=O) groups is 2. The monoisotopic (exact) mass is 144 g/mol. The Morgan fingerprint density at radius 2 is 1.90 bits per heavy atom. The average molecular weight is 144 g/mol. The molecule has 0 spiro atoms. The van der Waals surface area contributed by atoms with Crippen molar-refractivity contribution in [2.24, 2.45) is 0 Å². The fourth-order valence-corrected chi connectivity index (χ4v) is 0.426. The molecule has 0 bridgehead atoms. The minimum absolute atomic E-state index is 0.109. The number of amides is 1. The summed E-state index contributed by atoms with van der Waals surface area (Å²) >= 11 is 0. The molecule has 4 nitrogen and oxygen atoms in total. The molecule has 0 aromatic carbocycles. The third kappa shape index (κ3) is 7.10. The van der Waals surface area contributed by atoms with Crippen LogP contribution < -0.4 is 10.9 Å². The van der Waals surface area contributed by atoms with Crippen molar-refractivity contribution in [3.8, 4) is 0 Å². The van der Waals surface area contributed by atoms with Crippen molar-refractivity contribution in [3.05, 3.63) is 0 Å². The zero-order valence-electron chi connectivity index (χ0n) is 6.23. The largest absolute Gasteiger partial charge is 0.300 e. The van der Waals surface area contributed by atoms with Crippen molar-refractivity contribution in [3.63, 3.8) is 0 Å². The Morgan fingerprint density at radius 1 is 1.30 bits per heavy atom. The van der Waals surface area contributed by atoms with Gasteiger partial charge in [0, 0.05) is 19.9 Å². The molecule has 0 aliphatic rings. The van der Waals surface area contributed by atoms with Crippen molar-refractivity contribution in [1.82, 2.24) is 10.9 Å². The number of Topliss-reactive ketones (excluding diaryl/α,β-unsaturated/α-hetero) is 1. The van der Waals surface area contributed by atoms with Crippen LogP contribution in [0.25, 0.3) is 0 Å². The van der Waals surface area contributed by atoms with Gasteiger partial charge in [-0.3, -0.25) is 15.0 Å². The second-order valence-corrected chi connectivity index (χ2v) is 2.06. The van der Waals surface area contributed by atoms with E-state index in [1.165, 1.54) is 13.8 Å². The van der Waals surface area contributed by atoms with Crippen LogP contribution >= 0.6 is 0 Å². The molecule has 10 heavy (non-hydrogen) atoms. The van der Waals surface area contributed by atoms with Gasteiger partial charge in [0.05, 0.1) is 0 Å². The first-order valence-corrected chi connectivity index (χ1v) is 3.12. The van der Waals surface area contributed by atoms with Crippen molar-refractivity contribution < 1.29 is 9.59 Å². The SMILES string of the molecule is CC(=O)CCNNC(C)=O. The second-order valence-electron chi connectivity index (χ2n) is 2.06. The fourth-order valence-electron chi connectivity index (χ4n) is 0.426. The molecule has 4 heteroatoms. The van der Waals surface area contributed by atoms with Crippen LogP contribution in [0.1, 0.15) is 20.3 Å². The maximum atomic E-state index is 10.3.